The number of ether oxygens (including phenoxy) is 1. The minimum absolute atomic E-state index is 0.0488. The van der Waals surface area contributed by atoms with Crippen molar-refractivity contribution in [1.29, 1.82) is 0 Å². The third-order valence-electron chi connectivity index (χ3n) is 5.67. The van der Waals surface area contributed by atoms with Gasteiger partial charge in [0.2, 0.25) is 0 Å². The van der Waals surface area contributed by atoms with Gasteiger partial charge in [-0.2, -0.15) is 0 Å². The van der Waals surface area contributed by atoms with Crippen LogP contribution >= 0.6 is 0 Å². The van der Waals surface area contributed by atoms with Gasteiger partial charge in [0.25, 0.3) is 0 Å². The van der Waals surface area contributed by atoms with Crippen LogP contribution in [0.1, 0.15) is 25.0 Å². The fourth-order valence-electron chi connectivity index (χ4n) is 4.59. The minimum Gasteiger partial charge on any atom is -0.370 e. The summed E-state index contributed by atoms with van der Waals surface area (Å²) in [6.45, 7) is 11.1. The highest BCUT2D eigenvalue weighted by Crippen LogP contribution is 2.56. The van der Waals surface area contributed by atoms with Crippen LogP contribution in [0.25, 0.3) is 0 Å². The van der Waals surface area contributed by atoms with E-state index >= 15 is 0 Å². The van der Waals surface area contributed by atoms with E-state index in [-0.39, 0.29) is 11.2 Å². The normalized spacial score (nSPS) is 41.5. The molecule has 2 bridgehead atoms. The molecule has 0 spiro atoms. The van der Waals surface area contributed by atoms with Crippen molar-refractivity contribution in [2.75, 3.05) is 18.0 Å². The van der Waals surface area contributed by atoms with E-state index in [1.807, 2.05) is 0 Å². The molecule has 0 N–H and O–H groups in total. The van der Waals surface area contributed by atoms with Crippen LogP contribution in [0.15, 0.2) is 30.4 Å². The Hall–Kier alpha value is -1.28. The number of fused-ring (bicyclic) bond motifs is 5. The van der Waals surface area contributed by atoms with Crippen LogP contribution in [0, 0.1) is 25.7 Å². The number of rotatable bonds is 1. The summed E-state index contributed by atoms with van der Waals surface area (Å²) in [6.07, 6.45) is 4.58. The SMILES string of the molecule is Cc1ccc(N2CC3C(C2)C2(C)C=CC3(C)O2)c(C)c1. The Balaban J connectivity index is 1.67. The van der Waals surface area contributed by atoms with Crippen molar-refractivity contribution < 1.29 is 4.74 Å². The van der Waals surface area contributed by atoms with E-state index in [4.69, 9.17) is 4.74 Å². The number of hydrogen-bond donors (Lipinski definition) is 0. The Kier molecular flexibility index (Phi) is 2.29. The highest BCUT2D eigenvalue weighted by atomic mass is 16.5. The zero-order chi connectivity index (χ0) is 14.1. The average molecular weight is 269 g/mol. The fraction of sp³-hybridized carbons (Fsp3) is 0.556. The van der Waals surface area contributed by atoms with Crippen LogP contribution < -0.4 is 4.90 Å². The van der Waals surface area contributed by atoms with E-state index in [0.717, 1.165) is 13.1 Å². The second kappa shape index (κ2) is 3.67. The van der Waals surface area contributed by atoms with Gasteiger partial charge in [-0.15, -0.1) is 0 Å². The van der Waals surface area contributed by atoms with Crippen LogP contribution in [0.4, 0.5) is 5.69 Å². The number of aryl methyl sites for hydroxylation is 2. The lowest BCUT2D eigenvalue weighted by molar-refractivity contribution is -0.0288. The number of hydrogen-bond acceptors (Lipinski definition) is 2. The van der Waals surface area contributed by atoms with Crippen molar-refractivity contribution in [3.8, 4) is 0 Å². The largest absolute Gasteiger partial charge is 0.370 e. The fourth-order valence-corrected chi connectivity index (χ4v) is 4.59. The second-order valence-corrected chi connectivity index (χ2v) is 7.21. The molecule has 4 atom stereocenters. The summed E-state index contributed by atoms with van der Waals surface area (Å²) in [7, 11) is 0. The molecule has 3 aliphatic rings. The van der Waals surface area contributed by atoms with Crippen LogP contribution in [0.2, 0.25) is 0 Å². The number of nitrogens with zero attached hydrogens (tertiary/aromatic N) is 1. The Morgan fingerprint density at radius 2 is 1.65 bits per heavy atom. The summed E-state index contributed by atoms with van der Waals surface area (Å²) in [4.78, 5) is 2.57. The van der Waals surface area contributed by atoms with Crippen molar-refractivity contribution in [2.45, 2.75) is 38.9 Å². The van der Waals surface area contributed by atoms with Gasteiger partial charge in [0.15, 0.2) is 0 Å². The third-order valence-corrected chi connectivity index (χ3v) is 5.67. The predicted octanol–water partition coefficient (Wildman–Crippen LogP) is 3.47. The topological polar surface area (TPSA) is 12.5 Å². The maximum Gasteiger partial charge on any atom is 0.0896 e. The molecule has 2 heteroatoms. The van der Waals surface area contributed by atoms with Crippen molar-refractivity contribution in [3.63, 3.8) is 0 Å². The molecule has 1 aromatic rings. The van der Waals surface area contributed by atoms with Crippen molar-refractivity contribution in [2.24, 2.45) is 11.8 Å². The van der Waals surface area contributed by atoms with Crippen LogP contribution in [0.5, 0.6) is 0 Å². The quantitative estimate of drug-likeness (QED) is 0.724. The second-order valence-electron chi connectivity index (χ2n) is 7.21. The van der Waals surface area contributed by atoms with Gasteiger partial charge < -0.3 is 9.64 Å². The lowest BCUT2D eigenvalue weighted by atomic mass is 9.74. The average Bonchev–Trinajstić information content (AvgIpc) is 2.98. The maximum atomic E-state index is 6.31. The standard InChI is InChI=1S/C18H23NO/c1-12-5-6-16(13(2)9-12)19-10-14-15(11-19)18(4)8-7-17(14,3)20-18/h5-9,14-15H,10-11H2,1-4H3. The highest BCUT2D eigenvalue weighted by Gasteiger charge is 2.62. The molecule has 0 radical (unpaired) electrons. The zero-order valence-electron chi connectivity index (χ0n) is 12.8. The van der Waals surface area contributed by atoms with Gasteiger partial charge in [-0.3, -0.25) is 0 Å². The van der Waals surface area contributed by atoms with Gasteiger partial charge in [0, 0.05) is 30.6 Å². The van der Waals surface area contributed by atoms with Gasteiger partial charge in [-0.25, -0.2) is 0 Å². The van der Waals surface area contributed by atoms with Crippen molar-refractivity contribution in [1.82, 2.24) is 0 Å². The number of anilines is 1. The molecule has 2 saturated heterocycles. The van der Waals surface area contributed by atoms with E-state index in [0.29, 0.717) is 11.8 Å². The summed E-state index contributed by atoms with van der Waals surface area (Å²) in [5.74, 6) is 1.25. The molecule has 0 amide bonds. The lowest BCUT2D eigenvalue weighted by Gasteiger charge is -2.28. The molecule has 4 rings (SSSR count). The smallest absolute Gasteiger partial charge is 0.0896 e. The molecular formula is C18H23NO. The predicted molar refractivity (Wildman–Crippen MR) is 82.1 cm³/mol. The Morgan fingerprint density at radius 3 is 2.20 bits per heavy atom. The van der Waals surface area contributed by atoms with E-state index < -0.39 is 0 Å². The molecule has 0 saturated carbocycles. The van der Waals surface area contributed by atoms with Gasteiger partial charge in [0.1, 0.15) is 0 Å². The first-order chi connectivity index (χ1) is 9.41. The summed E-state index contributed by atoms with van der Waals surface area (Å²) in [6, 6.07) is 6.80. The molecule has 4 unspecified atom stereocenters. The molecule has 0 aromatic heterocycles. The van der Waals surface area contributed by atoms with Crippen molar-refractivity contribution >= 4 is 5.69 Å². The number of benzene rings is 1. The van der Waals surface area contributed by atoms with Gasteiger partial charge in [0.05, 0.1) is 11.2 Å². The molecule has 1 aromatic carbocycles. The summed E-state index contributed by atoms with van der Waals surface area (Å²) >= 11 is 0. The monoisotopic (exact) mass is 269 g/mol. The summed E-state index contributed by atoms with van der Waals surface area (Å²) in [5.41, 5.74) is 4.03. The van der Waals surface area contributed by atoms with E-state index in [1.54, 1.807) is 0 Å². The first kappa shape index (κ1) is 12.5. The summed E-state index contributed by atoms with van der Waals surface area (Å²) in [5, 5.41) is 0. The minimum atomic E-state index is -0.0488. The molecule has 0 aliphatic carbocycles. The van der Waals surface area contributed by atoms with E-state index in [9.17, 15) is 0 Å². The highest BCUT2D eigenvalue weighted by molar-refractivity contribution is 5.56. The molecule has 20 heavy (non-hydrogen) atoms. The molecule has 106 valence electrons. The first-order valence-corrected chi connectivity index (χ1v) is 7.64. The molecule has 3 heterocycles. The van der Waals surface area contributed by atoms with Crippen LogP contribution in [-0.4, -0.2) is 24.3 Å². The zero-order valence-corrected chi connectivity index (χ0v) is 12.8. The van der Waals surface area contributed by atoms with Gasteiger partial charge >= 0.3 is 0 Å². The van der Waals surface area contributed by atoms with Crippen LogP contribution in [-0.2, 0) is 4.74 Å². The molecular weight excluding hydrogens is 246 g/mol. The lowest BCUT2D eigenvalue weighted by Crippen LogP contribution is -2.33. The maximum absolute atomic E-state index is 6.31. The summed E-state index contributed by atoms with van der Waals surface area (Å²) < 4.78 is 6.31. The molecule has 2 nitrogen and oxygen atoms in total. The Labute approximate surface area is 121 Å². The van der Waals surface area contributed by atoms with Gasteiger partial charge in [-0.05, 0) is 39.3 Å². The third kappa shape index (κ3) is 1.49. The molecule has 3 aliphatic heterocycles. The van der Waals surface area contributed by atoms with Crippen molar-refractivity contribution in [3.05, 3.63) is 41.5 Å². The van der Waals surface area contributed by atoms with E-state index in [2.05, 4.69) is 62.9 Å². The Morgan fingerprint density at radius 1 is 1.05 bits per heavy atom. The molecule has 2 fully saturated rings. The Bertz CT molecular complexity index is 581. The van der Waals surface area contributed by atoms with Crippen LogP contribution in [0.3, 0.4) is 0 Å². The first-order valence-electron chi connectivity index (χ1n) is 7.64. The van der Waals surface area contributed by atoms with E-state index in [1.165, 1.54) is 16.8 Å². The van der Waals surface area contributed by atoms with Gasteiger partial charge in [-0.1, -0.05) is 29.8 Å².